The molecule has 0 saturated carbocycles. The molecule has 0 spiro atoms. The van der Waals surface area contributed by atoms with Gasteiger partial charge >= 0.3 is 14.8 Å². The van der Waals surface area contributed by atoms with E-state index in [-0.39, 0.29) is 5.97 Å². The minimum atomic E-state index is -2.45. The first-order valence-corrected chi connectivity index (χ1v) is 10.6. The van der Waals surface area contributed by atoms with E-state index in [1.165, 1.54) is 19.8 Å². The number of unbranched alkanes of at least 4 members (excludes halogenated alkanes) is 5. The van der Waals surface area contributed by atoms with Gasteiger partial charge in [0, 0.05) is 32.8 Å². The maximum absolute atomic E-state index is 10.6. The van der Waals surface area contributed by atoms with Crippen LogP contribution in [0, 0.1) is 0 Å². The van der Waals surface area contributed by atoms with E-state index in [0.29, 0.717) is 26.4 Å². The van der Waals surface area contributed by atoms with Crippen LogP contribution < -0.4 is 0 Å². The smallest absolute Gasteiger partial charge is 0.466 e. The molecule has 0 aromatic rings. The Labute approximate surface area is 137 Å². The van der Waals surface area contributed by atoms with E-state index in [1.54, 1.807) is 0 Å². The summed E-state index contributed by atoms with van der Waals surface area (Å²) in [5.41, 5.74) is 0. The molecule has 0 bridgehead atoms. The van der Waals surface area contributed by atoms with Crippen LogP contribution in [-0.2, 0) is 22.8 Å². The summed E-state index contributed by atoms with van der Waals surface area (Å²) in [5.74, 6) is -0.191. The summed E-state index contributed by atoms with van der Waals surface area (Å²) in [6.07, 6.45) is 6.67. The van der Waals surface area contributed by atoms with Crippen molar-refractivity contribution in [1.82, 2.24) is 0 Å². The minimum Gasteiger partial charge on any atom is -0.466 e. The number of esters is 1. The molecule has 0 aliphatic heterocycles. The Morgan fingerprint density at radius 2 is 1.23 bits per heavy atom. The largest absolute Gasteiger partial charge is 0.500 e. The van der Waals surface area contributed by atoms with Crippen LogP contribution in [-0.4, -0.2) is 41.2 Å². The van der Waals surface area contributed by atoms with Gasteiger partial charge in [0.1, 0.15) is 0 Å². The van der Waals surface area contributed by atoms with Crippen LogP contribution in [0.2, 0.25) is 6.04 Å². The molecule has 0 N–H and O–H groups in total. The van der Waals surface area contributed by atoms with Gasteiger partial charge in [0.15, 0.2) is 0 Å². The number of carbonyl (C=O) groups excluding carboxylic acids is 1. The second kappa shape index (κ2) is 14.2. The van der Waals surface area contributed by atoms with Gasteiger partial charge in [-0.2, -0.15) is 0 Å². The van der Waals surface area contributed by atoms with Crippen molar-refractivity contribution < 1.29 is 22.8 Å². The highest BCUT2D eigenvalue weighted by molar-refractivity contribution is 6.60. The third kappa shape index (κ3) is 11.2. The van der Waals surface area contributed by atoms with Crippen molar-refractivity contribution >= 4 is 14.8 Å². The first-order chi connectivity index (χ1) is 10.6. The van der Waals surface area contributed by atoms with Crippen molar-refractivity contribution in [1.29, 1.82) is 0 Å². The van der Waals surface area contributed by atoms with E-state index >= 15 is 0 Å². The molecule has 6 heteroatoms. The highest BCUT2D eigenvalue weighted by Crippen LogP contribution is 2.20. The predicted molar refractivity (Wildman–Crippen MR) is 89.8 cm³/mol. The molecule has 132 valence electrons. The molecular weight excluding hydrogens is 300 g/mol. The number of carbonyl (C=O) groups is 1. The van der Waals surface area contributed by atoms with Crippen molar-refractivity contribution in [3.8, 4) is 0 Å². The lowest BCUT2D eigenvalue weighted by atomic mass is 10.1. The second-order valence-corrected chi connectivity index (χ2v) is 7.93. The molecule has 5 nitrogen and oxygen atoms in total. The quantitative estimate of drug-likeness (QED) is 0.258. The normalized spacial score (nSPS) is 11.6. The summed E-state index contributed by atoms with van der Waals surface area (Å²) in [6, 6.07) is 0.899. The Bertz CT molecular complexity index is 256. The molecule has 0 aliphatic rings. The molecule has 0 saturated heterocycles. The fourth-order valence-corrected chi connectivity index (χ4v) is 5.05. The molecule has 0 fully saturated rings. The van der Waals surface area contributed by atoms with Gasteiger partial charge in [0.05, 0.1) is 6.61 Å². The molecular formula is C16H34O5Si. The van der Waals surface area contributed by atoms with E-state index < -0.39 is 8.80 Å². The molecule has 0 aromatic carbocycles. The summed E-state index contributed by atoms with van der Waals surface area (Å²) in [4.78, 5) is 10.6. The molecule has 22 heavy (non-hydrogen) atoms. The molecule has 0 radical (unpaired) electrons. The van der Waals surface area contributed by atoms with Gasteiger partial charge in [-0.05, 0) is 33.6 Å². The van der Waals surface area contributed by atoms with E-state index in [0.717, 1.165) is 31.7 Å². The molecule has 0 aromatic heterocycles. The van der Waals surface area contributed by atoms with Gasteiger partial charge in [0.2, 0.25) is 0 Å². The summed E-state index contributed by atoms with van der Waals surface area (Å²) in [5, 5.41) is 0. The number of hydrogen-bond acceptors (Lipinski definition) is 5. The average molecular weight is 335 g/mol. The zero-order valence-electron chi connectivity index (χ0n) is 14.8. The maximum Gasteiger partial charge on any atom is 0.500 e. The summed E-state index contributed by atoms with van der Waals surface area (Å²) in [6.45, 7) is 9.89. The third-order valence-electron chi connectivity index (χ3n) is 3.28. The first-order valence-electron chi connectivity index (χ1n) is 8.65. The molecule has 0 atom stereocenters. The lowest BCUT2D eigenvalue weighted by Gasteiger charge is -2.28. The number of ether oxygens (including phenoxy) is 1. The topological polar surface area (TPSA) is 54.0 Å². The Morgan fingerprint density at radius 3 is 1.68 bits per heavy atom. The van der Waals surface area contributed by atoms with E-state index in [9.17, 15) is 4.79 Å². The number of rotatable bonds is 15. The molecule has 0 amide bonds. The molecule has 0 heterocycles. The van der Waals surface area contributed by atoms with Gasteiger partial charge < -0.3 is 18.0 Å². The highest BCUT2D eigenvalue weighted by Gasteiger charge is 2.39. The van der Waals surface area contributed by atoms with Crippen molar-refractivity contribution in [2.45, 2.75) is 72.3 Å². The summed E-state index contributed by atoms with van der Waals surface area (Å²) >= 11 is 0. The first kappa shape index (κ1) is 21.6. The van der Waals surface area contributed by atoms with Crippen LogP contribution in [0.15, 0.2) is 0 Å². The van der Waals surface area contributed by atoms with E-state index in [4.69, 9.17) is 18.0 Å². The standard InChI is InChI=1S/C16H34O5Si/c1-5-19-22(20-6-2,21-7-3)15-13-11-9-8-10-12-14-18-16(4)17/h5-15H2,1-4H3. The monoisotopic (exact) mass is 334 g/mol. The third-order valence-corrected chi connectivity index (χ3v) is 6.43. The van der Waals surface area contributed by atoms with Gasteiger partial charge in [-0.3, -0.25) is 4.79 Å². The Balaban J connectivity index is 3.77. The van der Waals surface area contributed by atoms with Crippen molar-refractivity contribution in [3.05, 3.63) is 0 Å². The van der Waals surface area contributed by atoms with Crippen LogP contribution in [0.5, 0.6) is 0 Å². The lowest BCUT2D eigenvalue weighted by Crippen LogP contribution is -2.45. The molecule has 0 rings (SSSR count). The van der Waals surface area contributed by atoms with Crippen molar-refractivity contribution in [2.24, 2.45) is 0 Å². The SMILES string of the molecule is CCO[Si](CCCCCCCCOC(C)=O)(OCC)OCC. The summed E-state index contributed by atoms with van der Waals surface area (Å²) in [7, 11) is -2.45. The molecule has 0 unspecified atom stereocenters. The van der Waals surface area contributed by atoms with Crippen LogP contribution in [0.3, 0.4) is 0 Å². The van der Waals surface area contributed by atoms with Gasteiger partial charge in [-0.25, -0.2) is 0 Å². The maximum atomic E-state index is 10.6. The predicted octanol–water partition coefficient (Wildman–Crippen LogP) is 3.94. The highest BCUT2D eigenvalue weighted by atomic mass is 28.4. The fourth-order valence-electron chi connectivity index (χ4n) is 2.37. The molecule has 0 aliphatic carbocycles. The van der Waals surface area contributed by atoms with E-state index in [1.807, 2.05) is 20.8 Å². The van der Waals surface area contributed by atoms with Crippen molar-refractivity contribution in [2.75, 3.05) is 26.4 Å². The van der Waals surface area contributed by atoms with E-state index in [2.05, 4.69) is 0 Å². The average Bonchev–Trinajstić information content (AvgIpc) is 2.46. The van der Waals surface area contributed by atoms with Crippen molar-refractivity contribution in [3.63, 3.8) is 0 Å². The summed E-state index contributed by atoms with van der Waals surface area (Å²) < 4.78 is 22.4. The minimum absolute atomic E-state index is 0.191. The zero-order chi connectivity index (χ0) is 16.7. The Kier molecular flexibility index (Phi) is 13.9. The van der Waals surface area contributed by atoms with Gasteiger partial charge in [-0.15, -0.1) is 0 Å². The van der Waals surface area contributed by atoms with Crippen LogP contribution in [0.4, 0.5) is 0 Å². The van der Waals surface area contributed by atoms with Gasteiger partial charge in [0.25, 0.3) is 0 Å². The Morgan fingerprint density at radius 1 is 0.773 bits per heavy atom. The zero-order valence-corrected chi connectivity index (χ0v) is 15.8. The van der Waals surface area contributed by atoms with Crippen LogP contribution in [0.1, 0.15) is 66.2 Å². The second-order valence-electron chi connectivity index (χ2n) is 5.19. The lowest BCUT2D eigenvalue weighted by molar-refractivity contribution is -0.141. The van der Waals surface area contributed by atoms with Gasteiger partial charge in [-0.1, -0.05) is 25.7 Å². The van der Waals surface area contributed by atoms with Crippen LogP contribution >= 0.6 is 0 Å². The Hall–Kier alpha value is -0.433. The van der Waals surface area contributed by atoms with Crippen LogP contribution in [0.25, 0.3) is 0 Å². The fraction of sp³-hybridized carbons (Fsp3) is 0.938. The number of hydrogen-bond donors (Lipinski definition) is 0.